The van der Waals surface area contributed by atoms with Crippen molar-refractivity contribution in [2.45, 2.75) is 18.8 Å². The van der Waals surface area contributed by atoms with Crippen LogP contribution in [0.4, 0.5) is 11.6 Å². The lowest BCUT2D eigenvalue weighted by Crippen LogP contribution is -2.21. The average Bonchev–Trinajstić information content (AvgIpc) is 2.69. The molecule has 0 radical (unpaired) electrons. The summed E-state index contributed by atoms with van der Waals surface area (Å²) in [6, 6.07) is 15.2. The van der Waals surface area contributed by atoms with Crippen LogP contribution in [0.25, 0.3) is 0 Å². The van der Waals surface area contributed by atoms with Crippen molar-refractivity contribution in [3.63, 3.8) is 0 Å². The van der Waals surface area contributed by atoms with Gasteiger partial charge >= 0.3 is 0 Å². The number of aromatic nitrogens is 2. The first-order valence-corrected chi connectivity index (χ1v) is 9.06. The smallest absolute Gasteiger partial charge is 0.227 e. The molecule has 1 aliphatic carbocycles. The Morgan fingerprint density at radius 1 is 1.07 bits per heavy atom. The molecule has 0 amide bonds. The van der Waals surface area contributed by atoms with E-state index in [4.69, 9.17) is 16.3 Å². The van der Waals surface area contributed by atoms with Gasteiger partial charge in [-0.3, -0.25) is 4.79 Å². The van der Waals surface area contributed by atoms with Crippen LogP contribution in [0.2, 0.25) is 5.02 Å². The molecule has 0 saturated carbocycles. The summed E-state index contributed by atoms with van der Waals surface area (Å²) in [6.07, 6.45) is 2.78. The van der Waals surface area contributed by atoms with E-state index in [1.807, 2.05) is 48.5 Å². The Morgan fingerprint density at radius 3 is 2.52 bits per heavy atom. The van der Waals surface area contributed by atoms with Gasteiger partial charge in [0.05, 0.1) is 18.4 Å². The fourth-order valence-corrected chi connectivity index (χ4v) is 3.41. The van der Waals surface area contributed by atoms with Gasteiger partial charge in [-0.2, -0.15) is 0 Å². The van der Waals surface area contributed by atoms with E-state index in [9.17, 15) is 4.79 Å². The fraction of sp³-hybridized carbons (Fsp3) is 0.190. The van der Waals surface area contributed by atoms with E-state index < -0.39 is 0 Å². The van der Waals surface area contributed by atoms with E-state index >= 15 is 0 Å². The summed E-state index contributed by atoms with van der Waals surface area (Å²) < 4.78 is 5.16. The number of benzene rings is 2. The predicted octanol–water partition coefficient (Wildman–Crippen LogP) is 4.79. The lowest BCUT2D eigenvalue weighted by Gasteiger charge is -2.23. The van der Waals surface area contributed by atoms with Gasteiger partial charge in [0.2, 0.25) is 5.95 Å². The second-order valence-corrected chi connectivity index (χ2v) is 6.92. The van der Waals surface area contributed by atoms with E-state index in [-0.39, 0.29) is 11.7 Å². The number of carbonyl (C=O) groups is 1. The van der Waals surface area contributed by atoms with Crippen LogP contribution in [-0.4, -0.2) is 22.9 Å². The monoisotopic (exact) mass is 379 g/mol. The molecule has 0 spiro atoms. The Balaban J connectivity index is 1.57. The van der Waals surface area contributed by atoms with Crippen LogP contribution in [0.1, 0.15) is 34.0 Å². The highest BCUT2D eigenvalue weighted by Crippen LogP contribution is 2.32. The number of ether oxygens (including phenoxy) is 1. The Hall–Kier alpha value is -2.92. The van der Waals surface area contributed by atoms with Crippen molar-refractivity contribution in [1.82, 2.24) is 9.97 Å². The normalized spacial score (nSPS) is 15.9. The van der Waals surface area contributed by atoms with E-state index in [2.05, 4.69) is 15.3 Å². The molecule has 1 aliphatic rings. The number of ketones is 1. The zero-order chi connectivity index (χ0) is 18.8. The molecule has 5 nitrogen and oxygen atoms in total. The quantitative estimate of drug-likeness (QED) is 0.705. The molecule has 0 fully saturated rings. The van der Waals surface area contributed by atoms with Crippen LogP contribution in [0.5, 0.6) is 5.75 Å². The predicted molar refractivity (Wildman–Crippen MR) is 105 cm³/mol. The number of anilines is 2. The number of rotatable bonds is 4. The minimum absolute atomic E-state index is 0.0761. The number of halogens is 1. The van der Waals surface area contributed by atoms with Gasteiger partial charge in [0.25, 0.3) is 0 Å². The molecule has 1 heterocycles. The number of fused-ring (bicyclic) bond motifs is 1. The average molecular weight is 380 g/mol. The molecule has 4 rings (SSSR count). The van der Waals surface area contributed by atoms with Crippen molar-refractivity contribution in [2.24, 2.45) is 0 Å². The van der Waals surface area contributed by atoms with Gasteiger partial charge in [-0.15, -0.1) is 0 Å². The van der Waals surface area contributed by atoms with Crippen molar-refractivity contribution in [1.29, 1.82) is 0 Å². The zero-order valence-corrected chi connectivity index (χ0v) is 15.5. The molecule has 3 aromatic rings. The van der Waals surface area contributed by atoms with Gasteiger partial charge in [-0.25, -0.2) is 9.97 Å². The van der Waals surface area contributed by atoms with Crippen molar-refractivity contribution >= 4 is 29.0 Å². The molecule has 6 heteroatoms. The molecule has 0 bridgehead atoms. The number of methoxy groups -OCH3 is 1. The Labute approximate surface area is 162 Å². The molecule has 1 atom stereocenters. The fourth-order valence-electron chi connectivity index (χ4n) is 3.28. The minimum atomic E-state index is 0.0761. The van der Waals surface area contributed by atoms with Crippen molar-refractivity contribution in [3.8, 4) is 5.75 Å². The van der Waals surface area contributed by atoms with Gasteiger partial charge in [0.15, 0.2) is 5.78 Å². The lowest BCUT2D eigenvalue weighted by molar-refractivity contribution is 0.0962. The van der Waals surface area contributed by atoms with Crippen LogP contribution in [-0.2, 0) is 6.42 Å². The highest BCUT2D eigenvalue weighted by atomic mass is 35.5. The summed E-state index contributed by atoms with van der Waals surface area (Å²) in [5.74, 6) is 1.44. The number of Topliss-reactive ketones (excluding diaryl/α,β-unsaturated/α-hetero) is 1. The third kappa shape index (κ3) is 3.78. The van der Waals surface area contributed by atoms with E-state index in [1.54, 1.807) is 13.3 Å². The molecule has 0 saturated heterocycles. The maximum atomic E-state index is 12.5. The van der Waals surface area contributed by atoms with Gasteiger partial charge < -0.3 is 10.1 Å². The van der Waals surface area contributed by atoms with Gasteiger partial charge in [0, 0.05) is 23.3 Å². The minimum Gasteiger partial charge on any atom is -0.497 e. The SMILES string of the molecule is COc1ccc(Nc2ncc3c(n2)C[C@@H](c2ccc(Cl)cc2)CC3=O)cc1. The second kappa shape index (κ2) is 7.37. The van der Waals surface area contributed by atoms with Crippen LogP contribution >= 0.6 is 11.6 Å². The summed E-state index contributed by atoms with van der Waals surface area (Å²) in [5, 5.41) is 3.87. The standard InChI is InChI=1S/C21H18ClN3O2/c1-27-17-8-6-16(7-9-17)24-21-23-12-18-19(25-21)10-14(11-20(18)26)13-2-4-15(22)5-3-13/h2-9,12,14H,10-11H2,1H3,(H,23,24,25)/t14-/m1/s1. The lowest BCUT2D eigenvalue weighted by atomic mass is 9.82. The Kier molecular flexibility index (Phi) is 4.77. The van der Waals surface area contributed by atoms with E-state index in [0.717, 1.165) is 22.7 Å². The number of nitrogens with zero attached hydrogens (tertiary/aromatic N) is 2. The first-order chi connectivity index (χ1) is 13.1. The van der Waals surface area contributed by atoms with Crippen molar-refractivity contribution < 1.29 is 9.53 Å². The molecule has 136 valence electrons. The molecular formula is C21H18ClN3O2. The third-order valence-corrected chi connectivity index (χ3v) is 4.98. The molecular weight excluding hydrogens is 362 g/mol. The first-order valence-electron chi connectivity index (χ1n) is 8.68. The van der Waals surface area contributed by atoms with E-state index in [1.165, 1.54) is 0 Å². The van der Waals surface area contributed by atoms with Gasteiger partial charge in [-0.1, -0.05) is 23.7 Å². The Bertz CT molecular complexity index is 972. The zero-order valence-electron chi connectivity index (χ0n) is 14.8. The van der Waals surface area contributed by atoms with Crippen LogP contribution in [0.15, 0.2) is 54.7 Å². The second-order valence-electron chi connectivity index (χ2n) is 6.49. The molecule has 0 aliphatic heterocycles. The molecule has 2 aromatic carbocycles. The van der Waals surface area contributed by atoms with E-state index in [0.29, 0.717) is 29.4 Å². The summed E-state index contributed by atoms with van der Waals surface area (Å²) in [7, 11) is 1.63. The maximum absolute atomic E-state index is 12.5. The summed E-state index contributed by atoms with van der Waals surface area (Å²) in [5.41, 5.74) is 3.34. The largest absolute Gasteiger partial charge is 0.497 e. The van der Waals surface area contributed by atoms with Crippen molar-refractivity contribution in [2.75, 3.05) is 12.4 Å². The number of hydrogen-bond acceptors (Lipinski definition) is 5. The number of carbonyl (C=O) groups excluding carboxylic acids is 1. The summed E-state index contributed by atoms with van der Waals surface area (Å²) >= 11 is 5.97. The van der Waals surface area contributed by atoms with Crippen molar-refractivity contribution in [3.05, 3.63) is 76.6 Å². The molecule has 27 heavy (non-hydrogen) atoms. The highest BCUT2D eigenvalue weighted by Gasteiger charge is 2.28. The van der Waals surface area contributed by atoms with Gasteiger partial charge in [0.1, 0.15) is 5.75 Å². The number of nitrogens with one attached hydrogen (secondary N) is 1. The maximum Gasteiger partial charge on any atom is 0.227 e. The summed E-state index contributed by atoms with van der Waals surface area (Å²) in [4.78, 5) is 21.4. The van der Waals surface area contributed by atoms with Crippen LogP contribution < -0.4 is 10.1 Å². The molecule has 1 aromatic heterocycles. The summed E-state index contributed by atoms with van der Waals surface area (Å²) in [6.45, 7) is 0. The van der Waals surface area contributed by atoms with Crippen LogP contribution in [0.3, 0.4) is 0 Å². The molecule has 1 N–H and O–H groups in total. The van der Waals surface area contributed by atoms with Gasteiger partial charge in [-0.05, 0) is 54.3 Å². The third-order valence-electron chi connectivity index (χ3n) is 4.73. The topological polar surface area (TPSA) is 64.1 Å². The first kappa shape index (κ1) is 17.5. The van der Waals surface area contributed by atoms with Crippen LogP contribution in [0, 0.1) is 0 Å². The Morgan fingerprint density at radius 2 is 1.81 bits per heavy atom. The molecule has 0 unspecified atom stereocenters. The number of hydrogen-bond donors (Lipinski definition) is 1. The highest BCUT2D eigenvalue weighted by molar-refractivity contribution is 6.30.